The summed E-state index contributed by atoms with van der Waals surface area (Å²) in [5.41, 5.74) is 1.27. The molecule has 1 fully saturated rings. The molecule has 21 heavy (non-hydrogen) atoms. The zero-order chi connectivity index (χ0) is 15.4. The Morgan fingerprint density at radius 3 is 2.57 bits per heavy atom. The molecule has 1 saturated heterocycles. The number of hydrogen-bond donors (Lipinski definition) is 1. The maximum absolute atomic E-state index is 6.03. The van der Waals surface area contributed by atoms with Crippen molar-refractivity contribution >= 4 is 0 Å². The van der Waals surface area contributed by atoms with Crippen LogP contribution in [0.1, 0.15) is 43.8 Å². The van der Waals surface area contributed by atoms with Gasteiger partial charge in [0.25, 0.3) is 0 Å². The molecule has 0 amide bonds. The van der Waals surface area contributed by atoms with Crippen LogP contribution in [0.25, 0.3) is 0 Å². The summed E-state index contributed by atoms with van der Waals surface area (Å²) in [6.07, 6.45) is 2.52. The van der Waals surface area contributed by atoms with E-state index in [2.05, 4.69) is 56.0 Å². The van der Waals surface area contributed by atoms with Crippen LogP contribution in [0.4, 0.5) is 0 Å². The van der Waals surface area contributed by atoms with Crippen molar-refractivity contribution in [1.29, 1.82) is 0 Å². The SMILES string of the molecule is Cc1cc(CN2CCC(N(C)C)CC2)oc1CNC(C)C. The maximum Gasteiger partial charge on any atom is 0.120 e. The smallest absolute Gasteiger partial charge is 0.120 e. The van der Waals surface area contributed by atoms with Crippen LogP contribution in [0.5, 0.6) is 0 Å². The van der Waals surface area contributed by atoms with Crippen LogP contribution in [0.15, 0.2) is 10.5 Å². The lowest BCUT2D eigenvalue weighted by Crippen LogP contribution is -2.41. The van der Waals surface area contributed by atoms with E-state index in [9.17, 15) is 0 Å². The molecule has 1 aromatic heterocycles. The third-order valence-corrected chi connectivity index (χ3v) is 4.41. The molecule has 0 atom stereocenters. The molecule has 4 nitrogen and oxygen atoms in total. The Bertz CT molecular complexity index is 431. The number of nitrogens with one attached hydrogen (secondary N) is 1. The Labute approximate surface area is 129 Å². The standard InChI is InChI=1S/C17H31N3O/c1-13(2)18-11-17-14(3)10-16(21-17)12-20-8-6-15(7-9-20)19(4)5/h10,13,15,18H,6-9,11-12H2,1-5H3. The van der Waals surface area contributed by atoms with Gasteiger partial charge in [-0.15, -0.1) is 0 Å². The van der Waals surface area contributed by atoms with Crippen LogP contribution < -0.4 is 5.32 Å². The number of piperidine rings is 1. The molecule has 1 aromatic rings. The molecule has 0 radical (unpaired) electrons. The highest BCUT2D eigenvalue weighted by Gasteiger charge is 2.21. The molecule has 0 saturated carbocycles. The quantitative estimate of drug-likeness (QED) is 0.874. The highest BCUT2D eigenvalue weighted by molar-refractivity contribution is 5.20. The van der Waals surface area contributed by atoms with Gasteiger partial charge in [0.15, 0.2) is 0 Å². The number of furan rings is 1. The summed E-state index contributed by atoms with van der Waals surface area (Å²) in [6, 6.07) is 3.43. The van der Waals surface area contributed by atoms with Crippen LogP contribution in [0.3, 0.4) is 0 Å². The molecule has 4 heteroatoms. The molecule has 1 aliphatic heterocycles. The van der Waals surface area contributed by atoms with Crippen molar-refractivity contribution in [3.63, 3.8) is 0 Å². The highest BCUT2D eigenvalue weighted by Crippen LogP contribution is 2.20. The first kappa shape index (κ1) is 16.5. The van der Waals surface area contributed by atoms with Crippen LogP contribution in [-0.4, -0.2) is 49.1 Å². The summed E-state index contributed by atoms with van der Waals surface area (Å²) in [5.74, 6) is 2.19. The minimum Gasteiger partial charge on any atom is -0.463 e. The third kappa shape index (κ3) is 4.83. The first-order valence-corrected chi connectivity index (χ1v) is 8.16. The van der Waals surface area contributed by atoms with Crippen molar-refractivity contribution in [2.24, 2.45) is 0 Å². The van der Waals surface area contributed by atoms with Crippen molar-refractivity contribution in [3.8, 4) is 0 Å². The van der Waals surface area contributed by atoms with Gasteiger partial charge >= 0.3 is 0 Å². The van der Waals surface area contributed by atoms with Gasteiger partial charge in [0, 0.05) is 25.2 Å². The Hall–Kier alpha value is -0.840. The predicted molar refractivity (Wildman–Crippen MR) is 87.4 cm³/mol. The van der Waals surface area contributed by atoms with Gasteiger partial charge in [-0.3, -0.25) is 4.90 Å². The van der Waals surface area contributed by atoms with Gasteiger partial charge in [-0.2, -0.15) is 0 Å². The van der Waals surface area contributed by atoms with Crippen LogP contribution in [-0.2, 0) is 13.1 Å². The van der Waals surface area contributed by atoms with Gasteiger partial charge in [-0.25, -0.2) is 0 Å². The van der Waals surface area contributed by atoms with E-state index in [1.807, 2.05) is 0 Å². The Kier molecular flexibility index (Phi) is 5.85. The molecule has 0 bridgehead atoms. The van der Waals surface area contributed by atoms with E-state index in [0.717, 1.165) is 30.7 Å². The first-order valence-electron chi connectivity index (χ1n) is 8.16. The molecule has 0 aliphatic carbocycles. The van der Waals surface area contributed by atoms with Crippen LogP contribution in [0, 0.1) is 6.92 Å². The normalized spacial score (nSPS) is 18.0. The largest absolute Gasteiger partial charge is 0.463 e. The van der Waals surface area contributed by atoms with Gasteiger partial charge in [-0.1, -0.05) is 13.8 Å². The van der Waals surface area contributed by atoms with Crippen molar-refractivity contribution in [3.05, 3.63) is 23.2 Å². The second-order valence-electron chi connectivity index (χ2n) is 6.83. The van der Waals surface area contributed by atoms with Crippen LogP contribution >= 0.6 is 0 Å². The second-order valence-corrected chi connectivity index (χ2v) is 6.83. The van der Waals surface area contributed by atoms with E-state index in [0.29, 0.717) is 6.04 Å². The lowest BCUT2D eigenvalue weighted by Gasteiger charge is -2.34. The van der Waals surface area contributed by atoms with Gasteiger partial charge in [0.05, 0.1) is 13.1 Å². The zero-order valence-corrected chi connectivity index (χ0v) is 14.3. The van der Waals surface area contributed by atoms with Crippen molar-refractivity contribution in [2.45, 2.75) is 58.8 Å². The van der Waals surface area contributed by atoms with Gasteiger partial charge in [0.1, 0.15) is 11.5 Å². The minimum atomic E-state index is 0.489. The summed E-state index contributed by atoms with van der Waals surface area (Å²) in [6.45, 7) is 10.6. The Morgan fingerprint density at radius 1 is 1.33 bits per heavy atom. The molecule has 120 valence electrons. The lowest BCUT2D eigenvalue weighted by molar-refractivity contribution is 0.133. The molecular weight excluding hydrogens is 262 g/mol. The molecule has 1 N–H and O–H groups in total. The van der Waals surface area contributed by atoms with E-state index < -0.39 is 0 Å². The third-order valence-electron chi connectivity index (χ3n) is 4.41. The lowest BCUT2D eigenvalue weighted by atomic mass is 10.0. The van der Waals surface area contributed by atoms with Crippen LogP contribution in [0.2, 0.25) is 0 Å². The van der Waals surface area contributed by atoms with E-state index in [1.165, 1.54) is 31.5 Å². The average Bonchev–Trinajstić information content (AvgIpc) is 2.77. The first-order chi connectivity index (χ1) is 9.95. The number of rotatable bonds is 6. The van der Waals surface area contributed by atoms with Gasteiger partial charge < -0.3 is 14.6 Å². The van der Waals surface area contributed by atoms with Crippen molar-refractivity contribution < 1.29 is 4.42 Å². The fraction of sp³-hybridized carbons (Fsp3) is 0.765. The maximum atomic E-state index is 6.03. The second kappa shape index (κ2) is 7.43. The highest BCUT2D eigenvalue weighted by atomic mass is 16.3. The van der Waals surface area contributed by atoms with E-state index in [1.54, 1.807) is 0 Å². The van der Waals surface area contributed by atoms with Gasteiger partial charge in [-0.05, 0) is 45.5 Å². The summed E-state index contributed by atoms with van der Waals surface area (Å²) < 4.78 is 6.03. The monoisotopic (exact) mass is 293 g/mol. The molecule has 2 rings (SSSR count). The van der Waals surface area contributed by atoms with E-state index in [-0.39, 0.29) is 0 Å². The fourth-order valence-electron chi connectivity index (χ4n) is 2.95. The number of aryl methyl sites for hydroxylation is 1. The van der Waals surface area contributed by atoms with Crippen molar-refractivity contribution in [1.82, 2.24) is 15.1 Å². The summed E-state index contributed by atoms with van der Waals surface area (Å²) in [4.78, 5) is 4.86. The number of nitrogens with zero attached hydrogens (tertiary/aromatic N) is 2. The summed E-state index contributed by atoms with van der Waals surface area (Å²) >= 11 is 0. The zero-order valence-electron chi connectivity index (χ0n) is 14.3. The predicted octanol–water partition coefficient (Wildman–Crippen LogP) is 2.61. The molecular formula is C17H31N3O. The summed E-state index contributed by atoms with van der Waals surface area (Å²) in [7, 11) is 4.37. The molecule has 0 aromatic carbocycles. The summed E-state index contributed by atoms with van der Waals surface area (Å²) in [5, 5.41) is 3.42. The Balaban J connectivity index is 1.85. The average molecular weight is 293 g/mol. The minimum absolute atomic E-state index is 0.489. The van der Waals surface area contributed by atoms with Crippen molar-refractivity contribution in [2.75, 3.05) is 27.2 Å². The number of likely N-dealkylation sites (tertiary alicyclic amines) is 1. The number of hydrogen-bond acceptors (Lipinski definition) is 4. The molecule has 1 aliphatic rings. The molecule has 0 spiro atoms. The fourth-order valence-corrected chi connectivity index (χ4v) is 2.95. The molecule has 2 heterocycles. The van der Waals surface area contributed by atoms with E-state index in [4.69, 9.17) is 4.42 Å². The topological polar surface area (TPSA) is 31.6 Å². The molecule has 0 unspecified atom stereocenters. The van der Waals surface area contributed by atoms with E-state index >= 15 is 0 Å². The Morgan fingerprint density at radius 2 is 2.00 bits per heavy atom. The van der Waals surface area contributed by atoms with Gasteiger partial charge in [0.2, 0.25) is 0 Å².